The SMILES string of the molecule is C=CC/C=C\C/C=C\CCCCCCCc1c(O)c(OC)cc(OC)c1O. The van der Waals surface area contributed by atoms with Gasteiger partial charge >= 0.3 is 0 Å². The Kier molecular flexibility index (Phi) is 11.6. The van der Waals surface area contributed by atoms with E-state index in [-0.39, 0.29) is 11.5 Å². The molecule has 0 amide bonds. The molecule has 4 heteroatoms. The van der Waals surface area contributed by atoms with Crippen molar-refractivity contribution < 1.29 is 19.7 Å². The van der Waals surface area contributed by atoms with Gasteiger partial charge in [0.05, 0.1) is 14.2 Å². The Bertz CT molecular complexity index is 589. The first-order valence-corrected chi connectivity index (χ1v) is 9.72. The summed E-state index contributed by atoms with van der Waals surface area (Å²) in [5.74, 6) is 0.655. The summed E-state index contributed by atoms with van der Waals surface area (Å²) >= 11 is 0. The van der Waals surface area contributed by atoms with E-state index in [2.05, 4.69) is 30.9 Å². The number of methoxy groups -OCH3 is 2. The molecule has 0 bridgehead atoms. The third kappa shape index (κ3) is 8.25. The Hall–Kier alpha value is -2.36. The molecule has 0 spiro atoms. The van der Waals surface area contributed by atoms with Crippen LogP contribution in [0.15, 0.2) is 43.0 Å². The lowest BCUT2D eigenvalue weighted by Crippen LogP contribution is -1.95. The molecule has 0 aliphatic heterocycles. The molecule has 0 saturated heterocycles. The van der Waals surface area contributed by atoms with Crippen LogP contribution >= 0.6 is 0 Å². The summed E-state index contributed by atoms with van der Waals surface area (Å²) < 4.78 is 10.3. The minimum atomic E-state index is 0.00285. The van der Waals surface area contributed by atoms with Crippen LogP contribution in [0.25, 0.3) is 0 Å². The van der Waals surface area contributed by atoms with E-state index in [1.165, 1.54) is 33.1 Å². The number of benzene rings is 1. The van der Waals surface area contributed by atoms with E-state index in [0.717, 1.165) is 38.5 Å². The van der Waals surface area contributed by atoms with E-state index in [4.69, 9.17) is 9.47 Å². The van der Waals surface area contributed by atoms with Gasteiger partial charge in [-0.15, -0.1) is 6.58 Å². The van der Waals surface area contributed by atoms with E-state index >= 15 is 0 Å². The molecule has 1 aromatic carbocycles. The first-order chi connectivity index (χ1) is 13.2. The molecule has 150 valence electrons. The maximum atomic E-state index is 10.2. The fourth-order valence-corrected chi connectivity index (χ4v) is 2.89. The zero-order valence-electron chi connectivity index (χ0n) is 16.7. The van der Waals surface area contributed by atoms with Crippen molar-refractivity contribution >= 4 is 0 Å². The number of hydrogen-bond acceptors (Lipinski definition) is 4. The number of aromatic hydroxyl groups is 2. The molecular formula is C23H34O4. The fraction of sp³-hybridized carbons (Fsp3) is 0.478. The summed E-state index contributed by atoms with van der Waals surface area (Å²) in [6, 6.07) is 1.50. The number of phenols is 2. The number of hydrogen-bond donors (Lipinski definition) is 2. The van der Waals surface area contributed by atoms with Crippen LogP contribution in [0.4, 0.5) is 0 Å². The van der Waals surface area contributed by atoms with Crippen LogP contribution in [0.2, 0.25) is 0 Å². The van der Waals surface area contributed by atoms with Crippen molar-refractivity contribution in [2.24, 2.45) is 0 Å². The molecule has 2 N–H and O–H groups in total. The maximum absolute atomic E-state index is 10.2. The molecule has 27 heavy (non-hydrogen) atoms. The zero-order valence-corrected chi connectivity index (χ0v) is 16.7. The summed E-state index contributed by atoms with van der Waals surface area (Å²) in [4.78, 5) is 0. The standard InChI is InChI=1S/C23H34O4/c1-4-5-6-7-8-9-10-11-12-13-14-15-16-17-19-22(24)20(26-2)18-21(27-3)23(19)25/h4,6-7,9-10,18,24-25H,1,5,8,11-17H2,2-3H3/b7-6-,10-9-. The minimum absolute atomic E-state index is 0.00285. The Balaban J connectivity index is 2.25. The summed E-state index contributed by atoms with van der Waals surface area (Å²) in [6.45, 7) is 3.69. The molecule has 0 radical (unpaired) electrons. The molecule has 1 rings (SSSR count). The lowest BCUT2D eigenvalue weighted by atomic mass is 10.0. The van der Waals surface area contributed by atoms with Gasteiger partial charge in [0, 0.05) is 11.6 Å². The summed E-state index contributed by atoms with van der Waals surface area (Å²) in [5.41, 5.74) is 0.499. The van der Waals surface area contributed by atoms with Crippen molar-refractivity contribution in [2.45, 2.75) is 57.8 Å². The second kappa shape index (κ2) is 13.8. The smallest absolute Gasteiger partial charge is 0.164 e. The molecule has 1 aromatic rings. The lowest BCUT2D eigenvalue weighted by Gasteiger charge is -2.14. The monoisotopic (exact) mass is 374 g/mol. The third-order valence-corrected chi connectivity index (χ3v) is 4.45. The normalized spacial score (nSPS) is 11.3. The minimum Gasteiger partial charge on any atom is -0.504 e. The van der Waals surface area contributed by atoms with E-state index in [1.807, 2.05) is 6.08 Å². The fourth-order valence-electron chi connectivity index (χ4n) is 2.89. The van der Waals surface area contributed by atoms with Crippen molar-refractivity contribution in [1.82, 2.24) is 0 Å². The van der Waals surface area contributed by atoms with Gasteiger partial charge in [0.25, 0.3) is 0 Å². The predicted octanol–water partition coefficient (Wildman–Crippen LogP) is 6.08. The van der Waals surface area contributed by atoms with Gasteiger partial charge in [0.2, 0.25) is 0 Å². The molecule has 0 aromatic heterocycles. The van der Waals surface area contributed by atoms with Crippen LogP contribution in [0.3, 0.4) is 0 Å². The maximum Gasteiger partial charge on any atom is 0.164 e. The third-order valence-electron chi connectivity index (χ3n) is 4.45. The zero-order chi connectivity index (χ0) is 19.9. The number of rotatable bonds is 14. The first-order valence-electron chi connectivity index (χ1n) is 9.72. The van der Waals surface area contributed by atoms with Crippen molar-refractivity contribution in [2.75, 3.05) is 14.2 Å². The molecule has 0 fully saturated rings. The molecule has 0 heterocycles. The quantitative estimate of drug-likeness (QED) is 0.306. The second-order valence-corrected chi connectivity index (χ2v) is 6.47. The van der Waals surface area contributed by atoms with Gasteiger partial charge in [-0.05, 0) is 38.5 Å². The Labute approximate surface area is 163 Å². The molecular weight excluding hydrogens is 340 g/mol. The molecule has 0 unspecified atom stereocenters. The lowest BCUT2D eigenvalue weighted by molar-refractivity contribution is 0.340. The van der Waals surface area contributed by atoms with E-state index in [0.29, 0.717) is 23.5 Å². The van der Waals surface area contributed by atoms with Gasteiger partial charge in [0.1, 0.15) is 0 Å². The van der Waals surface area contributed by atoms with Gasteiger partial charge in [0.15, 0.2) is 23.0 Å². The van der Waals surface area contributed by atoms with Gasteiger partial charge in [-0.2, -0.15) is 0 Å². The Morgan fingerprint density at radius 1 is 0.815 bits per heavy atom. The molecule has 4 nitrogen and oxygen atoms in total. The van der Waals surface area contributed by atoms with Gasteiger partial charge < -0.3 is 19.7 Å². The number of unbranched alkanes of at least 4 members (excludes halogenated alkanes) is 5. The van der Waals surface area contributed by atoms with Crippen LogP contribution < -0.4 is 9.47 Å². The first kappa shape index (κ1) is 22.7. The van der Waals surface area contributed by atoms with Crippen LogP contribution in [-0.4, -0.2) is 24.4 Å². The van der Waals surface area contributed by atoms with Crippen LogP contribution in [0, 0.1) is 0 Å². The van der Waals surface area contributed by atoms with E-state index in [1.54, 1.807) is 0 Å². The Morgan fingerprint density at radius 2 is 1.37 bits per heavy atom. The molecule has 0 saturated carbocycles. The number of ether oxygens (including phenoxy) is 2. The van der Waals surface area contributed by atoms with Crippen molar-refractivity contribution in [3.63, 3.8) is 0 Å². The van der Waals surface area contributed by atoms with Crippen molar-refractivity contribution in [3.05, 3.63) is 48.6 Å². The van der Waals surface area contributed by atoms with Gasteiger partial charge in [-0.3, -0.25) is 0 Å². The van der Waals surface area contributed by atoms with E-state index in [9.17, 15) is 10.2 Å². The van der Waals surface area contributed by atoms with Crippen molar-refractivity contribution in [1.29, 1.82) is 0 Å². The predicted molar refractivity (Wildman–Crippen MR) is 112 cm³/mol. The highest BCUT2D eigenvalue weighted by atomic mass is 16.5. The number of allylic oxidation sites excluding steroid dienone is 5. The molecule has 0 aliphatic rings. The van der Waals surface area contributed by atoms with Crippen molar-refractivity contribution in [3.8, 4) is 23.0 Å². The van der Waals surface area contributed by atoms with Gasteiger partial charge in [-0.1, -0.05) is 49.6 Å². The van der Waals surface area contributed by atoms with Crippen LogP contribution in [-0.2, 0) is 6.42 Å². The highest BCUT2D eigenvalue weighted by Gasteiger charge is 2.18. The highest BCUT2D eigenvalue weighted by Crippen LogP contribution is 2.43. The number of phenolic OH excluding ortho intramolecular Hbond substituents is 2. The van der Waals surface area contributed by atoms with Gasteiger partial charge in [-0.25, -0.2) is 0 Å². The largest absolute Gasteiger partial charge is 0.504 e. The molecule has 0 atom stereocenters. The average molecular weight is 375 g/mol. The van der Waals surface area contributed by atoms with E-state index < -0.39 is 0 Å². The highest BCUT2D eigenvalue weighted by molar-refractivity contribution is 5.59. The summed E-state index contributed by atoms with van der Waals surface area (Å²) in [6.07, 6.45) is 19.8. The topological polar surface area (TPSA) is 58.9 Å². The second-order valence-electron chi connectivity index (χ2n) is 6.47. The van der Waals surface area contributed by atoms with Crippen LogP contribution in [0.1, 0.15) is 56.9 Å². The van der Waals surface area contributed by atoms with Crippen LogP contribution in [0.5, 0.6) is 23.0 Å². The summed E-state index contributed by atoms with van der Waals surface area (Å²) in [5, 5.41) is 20.4. The summed E-state index contributed by atoms with van der Waals surface area (Å²) in [7, 11) is 2.97. The average Bonchev–Trinajstić information content (AvgIpc) is 2.68. The Morgan fingerprint density at radius 3 is 2.00 bits per heavy atom. The molecule has 0 aliphatic carbocycles.